The Morgan fingerprint density at radius 2 is 2.40 bits per heavy atom. The zero-order valence-corrected chi connectivity index (χ0v) is 12.6. The zero-order chi connectivity index (χ0) is 14.5. The summed E-state index contributed by atoms with van der Waals surface area (Å²) in [5.41, 5.74) is 0.689. The molecule has 7 heteroatoms. The van der Waals surface area contributed by atoms with Gasteiger partial charge in [-0.25, -0.2) is 4.79 Å². The van der Waals surface area contributed by atoms with Crippen LogP contribution in [0.3, 0.4) is 0 Å². The summed E-state index contributed by atoms with van der Waals surface area (Å²) in [5, 5.41) is 6.03. The molecule has 0 bridgehead atoms. The van der Waals surface area contributed by atoms with Crippen molar-refractivity contribution in [3.8, 4) is 0 Å². The number of hydrogen-bond acceptors (Lipinski definition) is 3. The van der Waals surface area contributed by atoms with E-state index in [1.54, 1.807) is 36.0 Å². The lowest BCUT2D eigenvalue weighted by molar-refractivity contribution is -0.122. The van der Waals surface area contributed by atoms with Crippen LogP contribution in [0.2, 0.25) is 5.02 Å². The fourth-order valence-corrected chi connectivity index (χ4v) is 2.44. The molecule has 20 heavy (non-hydrogen) atoms. The van der Waals surface area contributed by atoms with Crippen molar-refractivity contribution in [3.05, 3.63) is 29.3 Å². The number of rotatable bonds is 5. The van der Waals surface area contributed by atoms with E-state index < -0.39 is 6.04 Å². The molecule has 5 nitrogen and oxygen atoms in total. The normalized spacial score (nSPS) is 18.0. The molecule has 2 N–H and O–H groups in total. The van der Waals surface area contributed by atoms with E-state index in [9.17, 15) is 9.59 Å². The molecule has 0 radical (unpaired) electrons. The predicted octanol–water partition coefficient (Wildman–Crippen LogP) is 1.72. The van der Waals surface area contributed by atoms with Crippen molar-refractivity contribution in [2.75, 3.05) is 30.0 Å². The molecule has 1 atom stereocenters. The molecule has 1 aliphatic heterocycles. The maximum atomic E-state index is 11.9. The summed E-state index contributed by atoms with van der Waals surface area (Å²) >= 11 is 7.57. The first-order valence-corrected chi connectivity index (χ1v) is 7.99. The van der Waals surface area contributed by atoms with Crippen LogP contribution in [0.5, 0.6) is 0 Å². The van der Waals surface area contributed by atoms with Crippen molar-refractivity contribution in [3.63, 3.8) is 0 Å². The topological polar surface area (TPSA) is 61.4 Å². The molecule has 0 aromatic heterocycles. The van der Waals surface area contributed by atoms with Crippen LogP contribution in [0.15, 0.2) is 24.3 Å². The van der Waals surface area contributed by atoms with E-state index in [0.29, 0.717) is 23.8 Å². The van der Waals surface area contributed by atoms with Crippen LogP contribution in [-0.4, -0.2) is 43.1 Å². The van der Waals surface area contributed by atoms with Crippen molar-refractivity contribution < 1.29 is 9.59 Å². The first kappa shape index (κ1) is 15.0. The number of amides is 3. The maximum absolute atomic E-state index is 11.9. The fraction of sp³-hybridized carbons (Fsp3) is 0.385. The second-order valence-corrected chi connectivity index (χ2v) is 5.80. The minimum Gasteiger partial charge on any atom is -0.353 e. The van der Waals surface area contributed by atoms with Crippen molar-refractivity contribution >= 4 is 41.0 Å². The highest BCUT2D eigenvalue weighted by molar-refractivity contribution is 7.98. The molecule has 1 heterocycles. The molecule has 0 spiro atoms. The number of carbonyl (C=O) groups is 2. The second kappa shape index (κ2) is 6.85. The standard InChI is InChI=1S/C13H16ClN3O2S/c1-20-6-5-15-12(18)11-8-17(13(19)16-11)10-4-2-3-9(14)7-10/h2-4,7,11H,5-6,8H2,1H3,(H,15,18)(H,16,19). The SMILES string of the molecule is CSCCNC(=O)C1CN(c2cccc(Cl)c2)C(=O)N1. The van der Waals surface area contributed by atoms with Crippen LogP contribution in [0.4, 0.5) is 10.5 Å². The average molecular weight is 314 g/mol. The summed E-state index contributed by atoms with van der Waals surface area (Å²) < 4.78 is 0. The Morgan fingerprint density at radius 1 is 1.60 bits per heavy atom. The summed E-state index contributed by atoms with van der Waals surface area (Å²) in [6.45, 7) is 0.911. The first-order chi connectivity index (χ1) is 9.61. The van der Waals surface area contributed by atoms with Crippen LogP contribution in [0.25, 0.3) is 0 Å². The second-order valence-electron chi connectivity index (χ2n) is 4.38. The van der Waals surface area contributed by atoms with Gasteiger partial charge in [-0.15, -0.1) is 0 Å². The highest BCUT2D eigenvalue weighted by Crippen LogP contribution is 2.22. The lowest BCUT2D eigenvalue weighted by Gasteiger charge is -2.14. The summed E-state index contributed by atoms with van der Waals surface area (Å²) in [6, 6.07) is 6.21. The van der Waals surface area contributed by atoms with Crippen molar-refractivity contribution in [1.82, 2.24) is 10.6 Å². The molecule has 1 aromatic rings. The number of nitrogens with one attached hydrogen (secondary N) is 2. The largest absolute Gasteiger partial charge is 0.353 e. The predicted molar refractivity (Wildman–Crippen MR) is 82.5 cm³/mol. The van der Waals surface area contributed by atoms with Crippen LogP contribution in [0, 0.1) is 0 Å². The monoisotopic (exact) mass is 313 g/mol. The van der Waals surface area contributed by atoms with Gasteiger partial charge in [0.15, 0.2) is 0 Å². The van der Waals surface area contributed by atoms with Gasteiger partial charge in [-0.1, -0.05) is 17.7 Å². The zero-order valence-electron chi connectivity index (χ0n) is 11.1. The molecular weight excluding hydrogens is 298 g/mol. The highest BCUT2D eigenvalue weighted by atomic mass is 35.5. The maximum Gasteiger partial charge on any atom is 0.322 e. The smallest absolute Gasteiger partial charge is 0.322 e. The van der Waals surface area contributed by atoms with Gasteiger partial charge in [0.2, 0.25) is 5.91 Å². The van der Waals surface area contributed by atoms with Crippen molar-refractivity contribution in [2.45, 2.75) is 6.04 Å². The van der Waals surface area contributed by atoms with E-state index in [1.807, 2.05) is 6.26 Å². The third kappa shape index (κ3) is 3.58. The number of anilines is 1. The van der Waals surface area contributed by atoms with Crippen molar-refractivity contribution in [2.24, 2.45) is 0 Å². The van der Waals surface area contributed by atoms with Crippen LogP contribution in [0.1, 0.15) is 0 Å². The van der Waals surface area contributed by atoms with E-state index in [1.165, 1.54) is 4.90 Å². The number of benzene rings is 1. The van der Waals surface area contributed by atoms with Gasteiger partial charge in [0.1, 0.15) is 6.04 Å². The van der Waals surface area contributed by atoms with Crippen LogP contribution in [-0.2, 0) is 4.79 Å². The minimum absolute atomic E-state index is 0.156. The molecule has 1 saturated heterocycles. The van der Waals surface area contributed by atoms with E-state index in [2.05, 4.69) is 10.6 Å². The van der Waals surface area contributed by atoms with E-state index in [0.717, 1.165) is 5.75 Å². The lowest BCUT2D eigenvalue weighted by Crippen LogP contribution is -2.43. The summed E-state index contributed by atoms with van der Waals surface area (Å²) in [7, 11) is 0. The third-order valence-electron chi connectivity index (χ3n) is 2.95. The lowest BCUT2D eigenvalue weighted by atomic mass is 10.2. The number of halogens is 1. The van der Waals surface area contributed by atoms with E-state index in [-0.39, 0.29) is 11.9 Å². The fourth-order valence-electron chi connectivity index (χ4n) is 1.95. The van der Waals surface area contributed by atoms with Gasteiger partial charge in [0.05, 0.1) is 6.54 Å². The first-order valence-electron chi connectivity index (χ1n) is 6.22. The number of thioether (sulfide) groups is 1. The van der Waals surface area contributed by atoms with Gasteiger partial charge in [-0.3, -0.25) is 9.69 Å². The molecule has 0 aliphatic carbocycles. The minimum atomic E-state index is -0.525. The molecule has 1 aliphatic rings. The molecule has 1 fully saturated rings. The number of hydrogen-bond donors (Lipinski definition) is 2. The summed E-state index contributed by atoms with van der Waals surface area (Å²) in [5.74, 6) is 0.696. The van der Waals surface area contributed by atoms with Gasteiger partial charge in [0, 0.05) is 23.0 Å². The number of carbonyl (C=O) groups excluding carboxylic acids is 2. The molecular formula is C13H16ClN3O2S. The molecule has 108 valence electrons. The quantitative estimate of drug-likeness (QED) is 0.814. The van der Waals surface area contributed by atoms with Crippen LogP contribution >= 0.6 is 23.4 Å². The molecule has 1 aromatic carbocycles. The Bertz CT molecular complexity index is 512. The van der Waals surface area contributed by atoms with Crippen molar-refractivity contribution in [1.29, 1.82) is 0 Å². The number of nitrogens with zero attached hydrogens (tertiary/aromatic N) is 1. The Labute approximate surface area is 127 Å². The van der Waals surface area contributed by atoms with E-state index >= 15 is 0 Å². The van der Waals surface area contributed by atoms with Gasteiger partial charge in [-0.05, 0) is 24.5 Å². The average Bonchev–Trinajstić information content (AvgIpc) is 2.81. The Balaban J connectivity index is 1.98. The Kier molecular flexibility index (Phi) is 5.14. The molecule has 1 unspecified atom stereocenters. The summed E-state index contributed by atoms with van der Waals surface area (Å²) in [6.07, 6.45) is 1.98. The van der Waals surface area contributed by atoms with Gasteiger partial charge in [-0.2, -0.15) is 11.8 Å². The van der Waals surface area contributed by atoms with Gasteiger partial charge >= 0.3 is 6.03 Å². The third-order valence-corrected chi connectivity index (χ3v) is 3.80. The van der Waals surface area contributed by atoms with E-state index in [4.69, 9.17) is 11.6 Å². The van der Waals surface area contributed by atoms with Gasteiger partial charge in [0.25, 0.3) is 0 Å². The van der Waals surface area contributed by atoms with Gasteiger partial charge < -0.3 is 10.6 Å². The summed E-state index contributed by atoms with van der Waals surface area (Å²) in [4.78, 5) is 25.4. The Morgan fingerprint density at radius 3 is 3.10 bits per heavy atom. The Hall–Kier alpha value is -1.40. The molecule has 3 amide bonds. The molecule has 0 saturated carbocycles. The molecule has 2 rings (SSSR count). The highest BCUT2D eigenvalue weighted by Gasteiger charge is 2.34. The number of urea groups is 1. The van der Waals surface area contributed by atoms with Crippen LogP contribution < -0.4 is 15.5 Å².